The summed E-state index contributed by atoms with van der Waals surface area (Å²) in [5, 5.41) is 2.77. The van der Waals surface area contributed by atoms with Crippen LogP contribution in [0.2, 0.25) is 0 Å². The van der Waals surface area contributed by atoms with Gasteiger partial charge in [0.25, 0.3) is 5.91 Å². The topological polar surface area (TPSA) is 29.1 Å². The van der Waals surface area contributed by atoms with Crippen molar-refractivity contribution in [1.82, 2.24) is 5.32 Å². The molecule has 11 heavy (non-hydrogen) atoms. The van der Waals surface area contributed by atoms with E-state index in [1.54, 1.807) is 6.92 Å². The Balaban J connectivity index is 2.09. The number of carbonyl (C=O) groups is 1. The van der Waals surface area contributed by atoms with Crippen molar-refractivity contribution in [3.05, 3.63) is 0 Å². The molecule has 0 heterocycles. The summed E-state index contributed by atoms with van der Waals surface area (Å²) in [5.74, 6) is 5.59. The molecule has 1 aliphatic carbocycles. The molecule has 1 N–H and O–H groups in total. The third kappa shape index (κ3) is 2.63. The zero-order valence-corrected chi connectivity index (χ0v) is 6.81. The minimum Gasteiger partial charge on any atom is -0.345 e. The predicted octanol–water partition coefficient (Wildman–Crippen LogP) is 0.926. The standard InChI is InChI=1S/C9H13NO/c1-2-4-9(11)10-7-8-5-3-6-8/h8H,3,5-7H2,1H3,(H,10,11). The van der Waals surface area contributed by atoms with Crippen LogP contribution in [0.25, 0.3) is 0 Å². The van der Waals surface area contributed by atoms with Gasteiger partial charge >= 0.3 is 0 Å². The van der Waals surface area contributed by atoms with Gasteiger partial charge in [0, 0.05) is 6.54 Å². The van der Waals surface area contributed by atoms with Crippen molar-refractivity contribution < 1.29 is 4.79 Å². The molecule has 60 valence electrons. The zero-order valence-electron chi connectivity index (χ0n) is 6.81. The van der Waals surface area contributed by atoms with Crippen LogP contribution in [0.4, 0.5) is 0 Å². The fourth-order valence-corrected chi connectivity index (χ4v) is 1.09. The first kappa shape index (κ1) is 8.13. The monoisotopic (exact) mass is 151 g/mol. The molecular weight excluding hydrogens is 138 g/mol. The molecule has 2 heteroatoms. The van der Waals surface area contributed by atoms with Crippen molar-refractivity contribution >= 4 is 5.91 Å². The summed E-state index contributed by atoms with van der Waals surface area (Å²) in [4.78, 5) is 10.8. The molecule has 1 fully saturated rings. The number of nitrogens with one attached hydrogen (secondary N) is 1. The van der Waals surface area contributed by atoms with Crippen LogP contribution in [0.1, 0.15) is 26.2 Å². The Hall–Kier alpha value is -0.970. The molecule has 0 aromatic carbocycles. The second kappa shape index (κ2) is 4.02. The van der Waals surface area contributed by atoms with E-state index >= 15 is 0 Å². The Labute approximate surface area is 67.4 Å². The van der Waals surface area contributed by atoms with Crippen LogP contribution in [0.5, 0.6) is 0 Å². The molecule has 1 aliphatic rings. The maximum Gasteiger partial charge on any atom is 0.295 e. The Morgan fingerprint density at radius 3 is 2.82 bits per heavy atom. The number of rotatable bonds is 2. The van der Waals surface area contributed by atoms with E-state index in [4.69, 9.17) is 0 Å². The smallest absolute Gasteiger partial charge is 0.295 e. The van der Waals surface area contributed by atoms with Gasteiger partial charge in [-0.05, 0) is 31.6 Å². The molecule has 2 nitrogen and oxygen atoms in total. The van der Waals surface area contributed by atoms with E-state index in [0.717, 1.165) is 12.5 Å². The highest BCUT2D eigenvalue weighted by Crippen LogP contribution is 2.24. The molecule has 0 aromatic heterocycles. The van der Waals surface area contributed by atoms with E-state index in [9.17, 15) is 4.79 Å². The number of carbonyl (C=O) groups excluding carboxylic acids is 1. The first-order valence-electron chi connectivity index (χ1n) is 4.03. The molecule has 0 aromatic rings. The van der Waals surface area contributed by atoms with Crippen LogP contribution in [-0.4, -0.2) is 12.5 Å². The quantitative estimate of drug-likeness (QED) is 0.584. The highest BCUT2D eigenvalue weighted by atomic mass is 16.1. The largest absolute Gasteiger partial charge is 0.345 e. The summed E-state index contributed by atoms with van der Waals surface area (Å²) in [7, 11) is 0. The lowest BCUT2D eigenvalue weighted by Crippen LogP contribution is -2.31. The minimum absolute atomic E-state index is 0.139. The van der Waals surface area contributed by atoms with E-state index in [0.29, 0.717) is 0 Å². The van der Waals surface area contributed by atoms with Crippen LogP contribution in [0, 0.1) is 17.8 Å². The summed E-state index contributed by atoms with van der Waals surface area (Å²) in [6.07, 6.45) is 3.85. The van der Waals surface area contributed by atoms with E-state index in [2.05, 4.69) is 17.2 Å². The van der Waals surface area contributed by atoms with Crippen molar-refractivity contribution in [2.45, 2.75) is 26.2 Å². The van der Waals surface area contributed by atoms with Crippen LogP contribution in [-0.2, 0) is 4.79 Å². The molecular formula is C9H13NO. The molecule has 0 bridgehead atoms. The highest BCUT2D eigenvalue weighted by Gasteiger charge is 2.17. The number of amides is 1. The second-order valence-electron chi connectivity index (χ2n) is 2.88. The van der Waals surface area contributed by atoms with Gasteiger partial charge < -0.3 is 5.32 Å². The SMILES string of the molecule is CC#CC(=O)NCC1CCC1. The van der Waals surface area contributed by atoms with Crippen molar-refractivity contribution in [3.8, 4) is 11.8 Å². The first-order valence-corrected chi connectivity index (χ1v) is 4.03. The zero-order chi connectivity index (χ0) is 8.10. The lowest BCUT2D eigenvalue weighted by molar-refractivity contribution is -0.116. The molecule has 0 atom stereocenters. The molecule has 0 radical (unpaired) electrons. The Kier molecular flexibility index (Phi) is 2.97. The Bertz CT molecular complexity index is 195. The Morgan fingerprint density at radius 2 is 2.36 bits per heavy atom. The number of hydrogen-bond donors (Lipinski definition) is 1. The van der Waals surface area contributed by atoms with E-state index in [-0.39, 0.29) is 5.91 Å². The highest BCUT2D eigenvalue weighted by molar-refractivity contribution is 5.93. The molecule has 1 rings (SSSR count). The van der Waals surface area contributed by atoms with Gasteiger partial charge in [-0.1, -0.05) is 12.3 Å². The summed E-state index contributed by atoms with van der Waals surface area (Å²) >= 11 is 0. The molecule has 0 unspecified atom stereocenters. The van der Waals surface area contributed by atoms with Crippen LogP contribution < -0.4 is 5.32 Å². The summed E-state index contributed by atoms with van der Waals surface area (Å²) < 4.78 is 0. The van der Waals surface area contributed by atoms with Gasteiger partial charge in [-0.3, -0.25) is 4.79 Å². The average molecular weight is 151 g/mol. The van der Waals surface area contributed by atoms with Crippen LogP contribution >= 0.6 is 0 Å². The summed E-state index contributed by atoms with van der Waals surface area (Å²) in [5.41, 5.74) is 0. The van der Waals surface area contributed by atoms with Gasteiger partial charge in [-0.2, -0.15) is 0 Å². The lowest BCUT2D eigenvalue weighted by Gasteiger charge is -2.24. The summed E-state index contributed by atoms with van der Waals surface area (Å²) in [6.45, 7) is 2.48. The lowest BCUT2D eigenvalue weighted by atomic mass is 9.85. The van der Waals surface area contributed by atoms with Gasteiger partial charge in [0.15, 0.2) is 0 Å². The molecule has 0 saturated heterocycles. The average Bonchev–Trinajstić information content (AvgIpc) is 1.85. The van der Waals surface area contributed by atoms with Crippen molar-refractivity contribution in [2.24, 2.45) is 5.92 Å². The van der Waals surface area contributed by atoms with Crippen LogP contribution in [0.3, 0.4) is 0 Å². The van der Waals surface area contributed by atoms with Gasteiger partial charge in [-0.15, -0.1) is 0 Å². The second-order valence-corrected chi connectivity index (χ2v) is 2.88. The molecule has 0 spiro atoms. The van der Waals surface area contributed by atoms with Gasteiger partial charge in [0.2, 0.25) is 0 Å². The van der Waals surface area contributed by atoms with Crippen molar-refractivity contribution in [2.75, 3.05) is 6.54 Å². The molecule has 1 saturated carbocycles. The van der Waals surface area contributed by atoms with Crippen molar-refractivity contribution in [3.63, 3.8) is 0 Å². The number of hydrogen-bond acceptors (Lipinski definition) is 1. The molecule has 0 aliphatic heterocycles. The molecule has 1 amide bonds. The minimum atomic E-state index is -0.139. The third-order valence-corrected chi connectivity index (χ3v) is 2.01. The normalized spacial score (nSPS) is 16.1. The predicted molar refractivity (Wildman–Crippen MR) is 43.8 cm³/mol. The van der Waals surface area contributed by atoms with E-state index in [1.165, 1.54) is 19.3 Å². The van der Waals surface area contributed by atoms with E-state index < -0.39 is 0 Å². The first-order chi connectivity index (χ1) is 5.33. The maximum absolute atomic E-state index is 10.8. The fraction of sp³-hybridized carbons (Fsp3) is 0.667. The fourth-order valence-electron chi connectivity index (χ4n) is 1.09. The van der Waals surface area contributed by atoms with Gasteiger partial charge in [0.05, 0.1) is 0 Å². The van der Waals surface area contributed by atoms with Crippen molar-refractivity contribution in [1.29, 1.82) is 0 Å². The van der Waals surface area contributed by atoms with E-state index in [1.807, 2.05) is 0 Å². The van der Waals surface area contributed by atoms with Gasteiger partial charge in [-0.25, -0.2) is 0 Å². The Morgan fingerprint density at radius 1 is 1.64 bits per heavy atom. The summed E-state index contributed by atoms with van der Waals surface area (Å²) in [6, 6.07) is 0. The maximum atomic E-state index is 10.8. The van der Waals surface area contributed by atoms with Crippen LogP contribution in [0.15, 0.2) is 0 Å². The third-order valence-electron chi connectivity index (χ3n) is 2.01. The van der Waals surface area contributed by atoms with Gasteiger partial charge in [0.1, 0.15) is 0 Å².